The third-order valence-electron chi connectivity index (χ3n) is 4.99. The lowest BCUT2D eigenvalue weighted by Crippen LogP contribution is -2.35. The van der Waals surface area contributed by atoms with Crippen LogP contribution in [0, 0.1) is 5.92 Å². The van der Waals surface area contributed by atoms with E-state index in [0.29, 0.717) is 0 Å². The second-order valence-electron chi connectivity index (χ2n) is 6.87. The van der Waals surface area contributed by atoms with Crippen molar-refractivity contribution < 1.29 is 0 Å². The highest BCUT2D eigenvalue weighted by molar-refractivity contribution is 4.80. The highest BCUT2D eigenvalue weighted by Gasteiger charge is 2.23. The van der Waals surface area contributed by atoms with Crippen molar-refractivity contribution >= 4 is 0 Å². The Morgan fingerprint density at radius 1 is 0.800 bits per heavy atom. The summed E-state index contributed by atoms with van der Waals surface area (Å²) in [6.07, 6.45) is 20.2. The van der Waals surface area contributed by atoms with Crippen molar-refractivity contribution in [2.45, 2.75) is 110 Å². The number of rotatable bonds is 13. The molecule has 0 heterocycles. The first-order chi connectivity index (χ1) is 9.88. The molecule has 0 radical (unpaired) electrons. The lowest BCUT2D eigenvalue weighted by molar-refractivity contribution is 0.330. The van der Waals surface area contributed by atoms with Gasteiger partial charge in [-0.3, -0.25) is 0 Å². The van der Waals surface area contributed by atoms with E-state index < -0.39 is 0 Å². The molecule has 0 aromatic carbocycles. The quantitative estimate of drug-likeness (QED) is 0.404. The van der Waals surface area contributed by atoms with Crippen molar-refractivity contribution in [3.8, 4) is 0 Å². The second-order valence-corrected chi connectivity index (χ2v) is 6.87. The summed E-state index contributed by atoms with van der Waals surface area (Å²) in [4.78, 5) is 0. The van der Waals surface area contributed by atoms with Gasteiger partial charge in [-0.1, -0.05) is 78.1 Å². The van der Waals surface area contributed by atoms with Crippen LogP contribution in [0.3, 0.4) is 0 Å². The van der Waals surface area contributed by atoms with Crippen molar-refractivity contribution in [2.24, 2.45) is 5.92 Å². The smallest absolute Gasteiger partial charge is 0.00953 e. The molecular formula is C19H39N. The Bertz CT molecular complexity index is 196. The van der Waals surface area contributed by atoms with Gasteiger partial charge in [-0.25, -0.2) is 0 Å². The van der Waals surface area contributed by atoms with E-state index in [0.717, 1.165) is 12.0 Å². The summed E-state index contributed by atoms with van der Waals surface area (Å²) in [7, 11) is 0. The molecule has 0 amide bonds. The molecule has 1 fully saturated rings. The molecule has 20 heavy (non-hydrogen) atoms. The van der Waals surface area contributed by atoms with Gasteiger partial charge in [0.05, 0.1) is 0 Å². The predicted octanol–water partition coefficient (Wildman–Crippen LogP) is 6.08. The maximum absolute atomic E-state index is 3.83. The fraction of sp³-hybridized carbons (Fsp3) is 1.00. The van der Waals surface area contributed by atoms with E-state index in [1.165, 1.54) is 96.4 Å². The van der Waals surface area contributed by atoms with E-state index in [-0.39, 0.29) is 0 Å². The Hall–Kier alpha value is -0.0400. The molecule has 1 aliphatic rings. The molecule has 0 aliphatic heterocycles. The molecule has 0 spiro atoms. The highest BCUT2D eigenvalue weighted by atomic mass is 14.9. The normalized spacial score (nSPS) is 17.7. The fourth-order valence-corrected chi connectivity index (χ4v) is 3.69. The summed E-state index contributed by atoms with van der Waals surface area (Å²) < 4.78 is 0. The molecule has 0 bridgehead atoms. The Balaban J connectivity index is 2.02. The molecule has 1 heteroatoms. The van der Waals surface area contributed by atoms with Crippen LogP contribution >= 0.6 is 0 Å². The third-order valence-corrected chi connectivity index (χ3v) is 4.99. The van der Waals surface area contributed by atoms with Gasteiger partial charge in [0.1, 0.15) is 0 Å². The van der Waals surface area contributed by atoms with Gasteiger partial charge >= 0.3 is 0 Å². The topological polar surface area (TPSA) is 12.0 Å². The van der Waals surface area contributed by atoms with Gasteiger partial charge in [0.2, 0.25) is 0 Å². The van der Waals surface area contributed by atoms with Crippen LogP contribution in [0.4, 0.5) is 0 Å². The second kappa shape index (κ2) is 12.7. The first-order valence-electron chi connectivity index (χ1n) is 9.61. The molecule has 1 unspecified atom stereocenters. The zero-order valence-corrected chi connectivity index (χ0v) is 14.3. The number of hydrogen-bond donors (Lipinski definition) is 1. The van der Waals surface area contributed by atoms with Crippen molar-refractivity contribution in [1.29, 1.82) is 0 Å². The van der Waals surface area contributed by atoms with E-state index in [1.807, 2.05) is 0 Å². The first-order valence-corrected chi connectivity index (χ1v) is 9.61. The molecule has 120 valence electrons. The van der Waals surface area contributed by atoms with Gasteiger partial charge in [0, 0.05) is 6.04 Å². The molecule has 0 saturated heterocycles. The Morgan fingerprint density at radius 2 is 1.40 bits per heavy atom. The van der Waals surface area contributed by atoms with Crippen molar-refractivity contribution in [3.63, 3.8) is 0 Å². The largest absolute Gasteiger partial charge is 0.314 e. The maximum atomic E-state index is 3.83. The van der Waals surface area contributed by atoms with Crippen LogP contribution in [0.5, 0.6) is 0 Å². The summed E-state index contributed by atoms with van der Waals surface area (Å²) >= 11 is 0. The number of hydrogen-bond acceptors (Lipinski definition) is 1. The van der Waals surface area contributed by atoms with Crippen molar-refractivity contribution in [2.75, 3.05) is 6.54 Å². The zero-order valence-electron chi connectivity index (χ0n) is 14.3. The Morgan fingerprint density at radius 3 is 2.00 bits per heavy atom. The SMILES string of the molecule is CCCCCCCCCCC(NCCC)C1CCCC1. The first kappa shape index (κ1) is 18.0. The molecule has 0 aromatic heterocycles. The molecule has 0 aromatic rings. The molecule has 1 nitrogen and oxygen atoms in total. The predicted molar refractivity (Wildman–Crippen MR) is 91.3 cm³/mol. The minimum absolute atomic E-state index is 0.831. The average molecular weight is 282 g/mol. The third kappa shape index (κ3) is 8.29. The van der Waals surface area contributed by atoms with E-state index in [4.69, 9.17) is 0 Å². The van der Waals surface area contributed by atoms with Crippen molar-refractivity contribution in [1.82, 2.24) is 5.32 Å². The minimum atomic E-state index is 0.831. The molecule has 1 atom stereocenters. The van der Waals surface area contributed by atoms with Crippen LogP contribution in [0.2, 0.25) is 0 Å². The van der Waals surface area contributed by atoms with Gasteiger partial charge in [-0.05, 0) is 38.1 Å². The monoisotopic (exact) mass is 281 g/mol. The highest BCUT2D eigenvalue weighted by Crippen LogP contribution is 2.30. The van der Waals surface area contributed by atoms with E-state index in [2.05, 4.69) is 19.2 Å². The fourth-order valence-electron chi connectivity index (χ4n) is 3.69. The zero-order chi connectivity index (χ0) is 14.5. The van der Waals surface area contributed by atoms with Crippen LogP contribution in [-0.2, 0) is 0 Å². The summed E-state index contributed by atoms with van der Waals surface area (Å²) in [5.74, 6) is 0.992. The van der Waals surface area contributed by atoms with Gasteiger partial charge in [-0.15, -0.1) is 0 Å². The van der Waals surface area contributed by atoms with Crippen LogP contribution < -0.4 is 5.32 Å². The summed E-state index contributed by atoms with van der Waals surface area (Å²) in [6, 6.07) is 0.831. The van der Waals surface area contributed by atoms with Gasteiger partial charge < -0.3 is 5.32 Å². The van der Waals surface area contributed by atoms with Gasteiger partial charge in [0.15, 0.2) is 0 Å². The standard InChI is InChI=1S/C19H39N/c1-3-5-6-7-8-9-10-11-16-19(20-17-4-2)18-14-12-13-15-18/h18-20H,3-17H2,1-2H3. The lowest BCUT2D eigenvalue weighted by Gasteiger charge is -2.24. The average Bonchev–Trinajstić information content (AvgIpc) is 2.99. The number of nitrogens with one attached hydrogen (secondary N) is 1. The van der Waals surface area contributed by atoms with Crippen LogP contribution in [0.15, 0.2) is 0 Å². The van der Waals surface area contributed by atoms with Crippen LogP contribution in [0.1, 0.15) is 104 Å². The molecule has 1 aliphatic carbocycles. The van der Waals surface area contributed by atoms with Gasteiger partial charge in [-0.2, -0.15) is 0 Å². The van der Waals surface area contributed by atoms with E-state index in [9.17, 15) is 0 Å². The van der Waals surface area contributed by atoms with Crippen LogP contribution in [-0.4, -0.2) is 12.6 Å². The Kier molecular flexibility index (Phi) is 11.4. The van der Waals surface area contributed by atoms with E-state index in [1.54, 1.807) is 0 Å². The molecule has 1 rings (SSSR count). The van der Waals surface area contributed by atoms with Crippen molar-refractivity contribution in [3.05, 3.63) is 0 Å². The Labute approximate surface area is 128 Å². The summed E-state index contributed by atoms with van der Waals surface area (Å²) in [5.41, 5.74) is 0. The summed E-state index contributed by atoms with van der Waals surface area (Å²) in [5, 5.41) is 3.83. The van der Waals surface area contributed by atoms with Crippen LogP contribution in [0.25, 0.3) is 0 Å². The lowest BCUT2D eigenvalue weighted by atomic mass is 9.92. The van der Waals surface area contributed by atoms with Gasteiger partial charge in [0.25, 0.3) is 0 Å². The summed E-state index contributed by atoms with van der Waals surface area (Å²) in [6.45, 7) is 5.81. The number of unbranched alkanes of at least 4 members (excludes halogenated alkanes) is 7. The van der Waals surface area contributed by atoms with E-state index >= 15 is 0 Å². The minimum Gasteiger partial charge on any atom is -0.314 e. The molecule has 1 saturated carbocycles. The maximum Gasteiger partial charge on any atom is 0.00953 e. The molecule has 1 N–H and O–H groups in total. The molecular weight excluding hydrogens is 242 g/mol.